The van der Waals surface area contributed by atoms with E-state index < -0.39 is 0 Å². The van der Waals surface area contributed by atoms with E-state index in [0.29, 0.717) is 16.8 Å². The topological polar surface area (TPSA) is 63.6 Å². The fourth-order valence-corrected chi connectivity index (χ4v) is 2.20. The van der Waals surface area contributed by atoms with Gasteiger partial charge < -0.3 is 5.32 Å². The van der Waals surface area contributed by atoms with Crippen LogP contribution in [0.15, 0.2) is 55.1 Å². The van der Waals surface area contributed by atoms with Gasteiger partial charge in [0.15, 0.2) is 5.82 Å². The lowest BCUT2D eigenvalue weighted by atomic mass is 10.2. The summed E-state index contributed by atoms with van der Waals surface area (Å²) in [5.74, 6) is 1.26. The van der Waals surface area contributed by atoms with Gasteiger partial charge in [-0.2, -0.15) is 0 Å². The van der Waals surface area contributed by atoms with Crippen molar-refractivity contribution in [3.63, 3.8) is 0 Å². The number of nitrogens with one attached hydrogen (secondary N) is 1. The highest BCUT2D eigenvalue weighted by Crippen LogP contribution is 2.19. The van der Waals surface area contributed by atoms with Gasteiger partial charge in [0.25, 0.3) is 0 Å². The minimum atomic E-state index is 0.403. The molecule has 1 N–H and O–H groups in total. The molecule has 0 atom stereocenters. The molecule has 5 nitrogen and oxygen atoms in total. The molecule has 6 heteroatoms. The number of anilines is 1. The van der Waals surface area contributed by atoms with Gasteiger partial charge in [0.1, 0.15) is 11.0 Å². The van der Waals surface area contributed by atoms with Crippen LogP contribution < -0.4 is 5.32 Å². The van der Waals surface area contributed by atoms with Crippen LogP contribution >= 0.6 is 11.6 Å². The van der Waals surface area contributed by atoms with Crippen LogP contribution in [0.1, 0.15) is 5.56 Å². The molecule has 0 radical (unpaired) electrons. The van der Waals surface area contributed by atoms with Gasteiger partial charge in [-0.05, 0) is 36.2 Å². The molecule has 3 heterocycles. The first kappa shape index (κ1) is 14.4. The molecular formula is C16H14ClN5. The van der Waals surface area contributed by atoms with Crippen molar-refractivity contribution >= 4 is 17.4 Å². The van der Waals surface area contributed by atoms with Gasteiger partial charge in [0.2, 0.25) is 0 Å². The summed E-state index contributed by atoms with van der Waals surface area (Å²) in [5, 5.41) is 3.67. The quantitative estimate of drug-likeness (QED) is 0.733. The Balaban J connectivity index is 1.70. The Bertz CT molecular complexity index is 734. The van der Waals surface area contributed by atoms with Crippen LogP contribution in [0, 0.1) is 0 Å². The number of hydrogen-bond acceptors (Lipinski definition) is 5. The predicted octanol–water partition coefficient (Wildman–Crippen LogP) is 3.24. The Labute approximate surface area is 133 Å². The summed E-state index contributed by atoms with van der Waals surface area (Å²) in [6, 6.07) is 9.45. The van der Waals surface area contributed by atoms with E-state index in [2.05, 4.69) is 25.3 Å². The molecule has 0 aliphatic carbocycles. The Kier molecular flexibility index (Phi) is 4.56. The van der Waals surface area contributed by atoms with Crippen molar-refractivity contribution in [2.75, 3.05) is 11.9 Å². The second-order valence-electron chi connectivity index (χ2n) is 4.67. The molecule has 3 aromatic rings. The Hall–Kier alpha value is -2.53. The predicted molar refractivity (Wildman–Crippen MR) is 86.7 cm³/mol. The van der Waals surface area contributed by atoms with Crippen LogP contribution in [0.4, 0.5) is 5.82 Å². The first-order chi connectivity index (χ1) is 10.8. The lowest BCUT2D eigenvalue weighted by Gasteiger charge is -2.08. The maximum absolute atomic E-state index is 6.08. The van der Waals surface area contributed by atoms with E-state index in [4.69, 9.17) is 11.6 Å². The summed E-state index contributed by atoms with van der Waals surface area (Å²) >= 11 is 6.08. The minimum absolute atomic E-state index is 0.403. The van der Waals surface area contributed by atoms with Crippen LogP contribution in [0.2, 0.25) is 5.15 Å². The molecule has 0 fully saturated rings. The maximum atomic E-state index is 6.08. The summed E-state index contributed by atoms with van der Waals surface area (Å²) < 4.78 is 0. The van der Waals surface area contributed by atoms with E-state index in [-0.39, 0.29) is 0 Å². The summed E-state index contributed by atoms with van der Waals surface area (Å²) in [7, 11) is 0. The zero-order valence-corrected chi connectivity index (χ0v) is 12.5. The van der Waals surface area contributed by atoms with E-state index in [0.717, 1.165) is 18.5 Å². The number of aromatic nitrogens is 4. The van der Waals surface area contributed by atoms with Gasteiger partial charge >= 0.3 is 0 Å². The van der Waals surface area contributed by atoms with Crippen molar-refractivity contribution in [3.05, 3.63) is 65.8 Å². The van der Waals surface area contributed by atoms with E-state index in [1.165, 1.54) is 5.56 Å². The molecule has 0 aromatic carbocycles. The molecule has 0 aliphatic heterocycles. The van der Waals surface area contributed by atoms with Crippen LogP contribution in [0.3, 0.4) is 0 Å². The Morgan fingerprint density at radius 1 is 1.00 bits per heavy atom. The van der Waals surface area contributed by atoms with Crippen LogP contribution in [-0.4, -0.2) is 26.5 Å². The number of nitrogens with zero attached hydrogens (tertiary/aromatic N) is 4. The minimum Gasteiger partial charge on any atom is -0.370 e. The summed E-state index contributed by atoms with van der Waals surface area (Å²) in [6.07, 6.45) is 7.88. The summed E-state index contributed by atoms with van der Waals surface area (Å²) in [4.78, 5) is 16.8. The fourth-order valence-electron chi connectivity index (χ4n) is 2.02. The van der Waals surface area contributed by atoms with Gasteiger partial charge in [0, 0.05) is 43.0 Å². The number of rotatable bonds is 5. The average molecular weight is 312 g/mol. The van der Waals surface area contributed by atoms with Crippen molar-refractivity contribution < 1.29 is 0 Å². The molecular weight excluding hydrogens is 298 g/mol. The monoisotopic (exact) mass is 311 g/mol. The number of hydrogen-bond donors (Lipinski definition) is 1. The third-order valence-corrected chi connectivity index (χ3v) is 3.28. The third kappa shape index (κ3) is 3.77. The van der Waals surface area contributed by atoms with E-state index in [1.54, 1.807) is 30.9 Å². The second kappa shape index (κ2) is 6.95. The normalized spacial score (nSPS) is 10.4. The zero-order valence-electron chi connectivity index (χ0n) is 11.8. The highest BCUT2D eigenvalue weighted by molar-refractivity contribution is 6.29. The molecule has 0 spiro atoms. The zero-order chi connectivity index (χ0) is 15.2. The maximum Gasteiger partial charge on any atom is 0.164 e. The fraction of sp³-hybridized carbons (Fsp3) is 0.125. The van der Waals surface area contributed by atoms with E-state index in [9.17, 15) is 0 Å². The molecule has 110 valence electrons. The molecule has 3 rings (SSSR count). The van der Waals surface area contributed by atoms with Crippen LogP contribution in [0.5, 0.6) is 0 Å². The van der Waals surface area contributed by atoms with E-state index >= 15 is 0 Å². The third-order valence-electron chi connectivity index (χ3n) is 3.08. The molecule has 0 saturated carbocycles. The number of halogens is 1. The standard InChI is InChI=1S/C16H14ClN5/c17-14-10-15(20-9-5-12-3-7-18-8-4-12)22-16(21-14)13-2-1-6-19-11-13/h1-4,6-8,10-11H,5,9H2,(H,20,21,22). The lowest BCUT2D eigenvalue weighted by Crippen LogP contribution is -2.07. The highest BCUT2D eigenvalue weighted by Gasteiger charge is 2.05. The molecule has 0 bridgehead atoms. The van der Waals surface area contributed by atoms with Crippen molar-refractivity contribution in [2.45, 2.75) is 6.42 Å². The summed E-state index contributed by atoms with van der Waals surface area (Å²) in [6.45, 7) is 0.754. The van der Waals surface area contributed by atoms with Gasteiger partial charge in [0.05, 0.1) is 0 Å². The molecule has 0 unspecified atom stereocenters. The molecule has 22 heavy (non-hydrogen) atoms. The van der Waals surface area contributed by atoms with E-state index in [1.807, 2.05) is 24.3 Å². The van der Waals surface area contributed by atoms with Crippen molar-refractivity contribution in [2.24, 2.45) is 0 Å². The Morgan fingerprint density at radius 2 is 1.86 bits per heavy atom. The molecule has 0 amide bonds. The largest absolute Gasteiger partial charge is 0.370 e. The first-order valence-electron chi connectivity index (χ1n) is 6.89. The van der Waals surface area contributed by atoms with Gasteiger partial charge in [-0.1, -0.05) is 11.6 Å². The SMILES string of the molecule is Clc1cc(NCCc2ccncc2)nc(-c2cccnc2)n1. The van der Waals surface area contributed by atoms with Crippen LogP contribution in [0.25, 0.3) is 11.4 Å². The van der Waals surface area contributed by atoms with Crippen molar-refractivity contribution in [3.8, 4) is 11.4 Å². The van der Waals surface area contributed by atoms with Crippen molar-refractivity contribution in [1.29, 1.82) is 0 Å². The van der Waals surface area contributed by atoms with Crippen LogP contribution in [-0.2, 0) is 6.42 Å². The lowest BCUT2D eigenvalue weighted by molar-refractivity contribution is 0.995. The van der Waals surface area contributed by atoms with Gasteiger partial charge in [-0.15, -0.1) is 0 Å². The summed E-state index contributed by atoms with van der Waals surface area (Å²) in [5.41, 5.74) is 2.05. The average Bonchev–Trinajstić information content (AvgIpc) is 2.56. The second-order valence-corrected chi connectivity index (χ2v) is 5.06. The highest BCUT2D eigenvalue weighted by atomic mass is 35.5. The van der Waals surface area contributed by atoms with Gasteiger partial charge in [-0.3, -0.25) is 9.97 Å². The Morgan fingerprint density at radius 3 is 2.64 bits per heavy atom. The van der Waals surface area contributed by atoms with Crippen molar-refractivity contribution in [1.82, 2.24) is 19.9 Å². The first-order valence-corrected chi connectivity index (χ1v) is 7.27. The molecule has 3 aromatic heterocycles. The molecule has 0 aliphatic rings. The van der Waals surface area contributed by atoms with Gasteiger partial charge in [-0.25, -0.2) is 9.97 Å². The smallest absolute Gasteiger partial charge is 0.164 e. The molecule has 0 saturated heterocycles. The number of pyridine rings is 2.